The molecule has 1 saturated heterocycles. The van der Waals surface area contributed by atoms with Gasteiger partial charge in [-0.25, -0.2) is 9.59 Å². The highest BCUT2D eigenvalue weighted by atomic mass is 16.6. The van der Waals surface area contributed by atoms with Crippen LogP contribution in [0.3, 0.4) is 0 Å². The van der Waals surface area contributed by atoms with E-state index < -0.39 is 29.4 Å². The predicted molar refractivity (Wildman–Crippen MR) is 286 cm³/mol. The number of primary amides is 1. The Morgan fingerprint density at radius 3 is 1.84 bits per heavy atom. The summed E-state index contributed by atoms with van der Waals surface area (Å²) in [5.41, 5.74) is 9.80. The molecule has 0 radical (unpaired) electrons. The minimum Gasteiger partial charge on any atom is -0.444 e. The van der Waals surface area contributed by atoms with Crippen molar-refractivity contribution in [3.63, 3.8) is 0 Å². The van der Waals surface area contributed by atoms with Gasteiger partial charge in [0.25, 0.3) is 0 Å². The Balaban J connectivity index is 0. The third-order valence-corrected chi connectivity index (χ3v) is 12.1. The van der Waals surface area contributed by atoms with Gasteiger partial charge in [-0.1, -0.05) is 60.1 Å². The second kappa shape index (κ2) is 36.1. The second-order valence-electron chi connectivity index (χ2n) is 21.2. The first-order valence-corrected chi connectivity index (χ1v) is 25.4. The number of aldehydes is 1. The molecule has 1 heterocycles. The number of nitrogens with two attached hydrogens (primary N) is 2. The van der Waals surface area contributed by atoms with Crippen LogP contribution in [-0.2, 0) is 47.7 Å². The van der Waals surface area contributed by atoms with E-state index in [1.807, 2.05) is 62.6 Å². The van der Waals surface area contributed by atoms with E-state index in [1.165, 1.54) is 0 Å². The Morgan fingerprint density at radius 1 is 0.849 bits per heavy atom. The number of nitrogens with one attached hydrogen (secondary N) is 3. The highest BCUT2D eigenvalue weighted by Gasteiger charge is 2.34. The number of rotatable bonds is 23. The maximum absolute atomic E-state index is 12.9. The van der Waals surface area contributed by atoms with Crippen LogP contribution in [0.4, 0.5) is 15.3 Å². The zero-order valence-electron chi connectivity index (χ0n) is 48.0. The van der Waals surface area contributed by atoms with Gasteiger partial charge in [-0.2, -0.15) is 0 Å². The van der Waals surface area contributed by atoms with E-state index in [0.717, 1.165) is 37.7 Å². The molecular weight excluding hydrogens is 941 g/mol. The Hall–Kier alpha value is -4.89. The Kier molecular flexibility index (Phi) is 34.7. The lowest BCUT2D eigenvalue weighted by molar-refractivity contribution is -0.138. The van der Waals surface area contributed by atoms with E-state index >= 15 is 0 Å². The lowest BCUT2D eigenvalue weighted by Gasteiger charge is -2.37. The molecule has 73 heavy (non-hydrogen) atoms. The summed E-state index contributed by atoms with van der Waals surface area (Å²) >= 11 is 0. The van der Waals surface area contributed by atoms with Gasteiger partial charge in [-0.05, 0) is 117 Å². The summed E-state index contributed by atoms with van der Waals surface area (Å²) in [6, 6.07) is 6.95. The third-order valence-electron chi connectivity index (χ3n) is 12.1. The number of ether oxygens (including phenoxy) is 5. The van der Waals surface area contributed by atoms with Crippen molar-refractivity contribution in [2.24, 2.45) is 29.2 Å². The number of hydrogen-bond acceptors (Lipinski definition) is 14. The first-order valence-electron chi connectivity index (χ1n) is 25.4. The van der Waals surface area contributed by atoms with Crippen LogP contribution in [0.25, 0.3) is 0 Å². The monoisotopic (exact) mass is 1040 g/mol. The fourth-order valence-electron chi connectivity index (χ4n) is 7.66. The standard InChI is InChI=1S/C26H43N5O6.C15H29NO3.C11H23NO2.CH3NO/c1-17(29-22(32)14-21(35-6)20-8-7-13-31(20)5)24(36-16-28-23(33)15-27)18-9-11-19(12-10-18)30-25(34)37-26(2,3)4;1-7-12(4)15(13(19-6)8-9-17)16(5)14(18)10-11(2)3;1-8(2)9(3)12(7)10(13)14-11(4,5)6;2-1-3/h9-12,17,20-21,24H,7-8,13-16,27H2,1-6H3,(H,28,33)(H,29,32)(H,30,34);9,11-13,15H,7-8,10H2,1-6H3;8-9H,1-7H3;1H,(H2,2,3)/t17-,20?,21?,24?;;;/m1.../s1. The molecular formula is C53H98N8O12. The molecule has 20 nitrogen and oxygen atoms in total. The van der Waals surface area contributed by atoms with Crippen molar-refractivity contribution in [1.82, 2.24) is 25.3 Å². The first-order chi connectivity index (χ1) is 33.9. The summed E-state index contributed by atoms with van der Waals surface area (Å²) in [6.45, 7) is 28.0. The molecule has 1 aliphatic heterocycles. The molecule has 1 aliphatic rings. The molecule has 2 rings (SSSR count). The van der Waals surface area contributed by atoms with E-state index in [1.54, 1.807) is 76.1 Å². The van der Waals surface area contributed by atoms with Crippen molar-refractivity contribution in [3.8, 4) is 0 Å². The number of amides is 6. The Bertz CT molecular complexity index is 1750. The second-order valence-corrected chi connectivity index (χ2v) is 21.2. The molecule has 1 fully saturated rings. The van der Waals surface area contributed by atoms with Crippen LogP contribution >= 0.6 is 0 Å². The van der Waals surface area contributed by atoms with Crippen molar-refractivity contribution >= 4 is 48.3 Å². The smallest absolute Gasteiger partial charge is 0.412 e. The number of hydrogen-bond donors (Lipinski definition) is 5. The number of carbonyl (C=O) groups excluding carboxylic acids is 7. The van der Waals surface area contributed by atoms with Gasteiger partial charge in [0.15, 0.2) is 0 Å². The molecule has 7 N–H and O–H groups in total. The summed E-state index contributed by atoms with van der Waals surface area (Å²) in [4.78, 5) is 85.4. The fraction of sp³-hybridized carbons (Fsp3) is 0.755. The molecule has 8 atom stereocenters. The van der Waals surface area contributed by atoms with Crippen LogP contribution in [0.2, 0.25) is 0 Å². The van der Waals surface area contributed by atoms with Gasteiger partial charge < -0.3 is 65.3 Å². The quantitative estimate of drug-likeness (QED) is 0.0569. The average molecular weight is 1040 g/mol. The highest BCUT2D eigenvalue weighted by molar-refractivity contribution is 5.85. The average Bonchev–Trinajstić information content (AvgIpc) is 3.73. The highest BCUT2D eigenvalue weighted by Crippen LogP contribution is 2.26. The lowest BCUT2D eigenvalue weighted by atomic mass is 9.91. The lowest BCUT2D eigenvalue weighted by Crippen LogP contribution is -2.49. The Labute approximate surface area is 438 Å². The molecule has 20 heteroatoms. The van der Waals surface area contributed by atoms with Crippen molar-refractivity contribution in [1.29, 1.82) is 0 Å². The van der Waals surface area contributed by atoms with Crippen molar-refractivity contribution in [2.75, 3.05) is 60.5 Å². The third kappa shape index (κ3) is 29.6. The van der Waals surface area contributed by atoms with Crippen LogP contribution in [0.1, 0.15) is 147 Å². The van der Waals surface area contributed by atoms with Crippen LogP contribution < -0.4 is 27.4 Å². The van der Waals surface area contributed by atoms with E-state index in [-0.39, 0.29) is 80.3 Å². The van der Waals surface area contributed by atoms with Crippen LogP contribution in [-0.4, -0.2) is 160 Å². The number of carbonyl (C=O) groups is 7. The molecule has 7 unspecified atom stereocenters. The molecule has 1 aromatic carbocycles. The maximum atomic E-state index is 12.9. The molecule has 6 amide bonds. The number of likely N-dealkylation sites (tertiary alicyclic amines) is 1. The van der Waals surface area contributed by atoms with E-state index in [2.05, 4.69) is 54.3 Å². The van der Waals surface area contributed by atoms with Gasteiger partial charge in [-0.15, -0.1) is 0 Å². The van der Waals surface area contributed by atoms with Crippen LogP contribution in [0.15, 0.2) is 24.3 Å². The van der Waals surface area contributed by atoms with Crippen LogP contribution in [0.5, 0.6) is 0 Å². The summed E-state index contributed by atoms with van der Waals surface area (Å²) in [6.07, 6.45) is 3.40. The zero-order chi connectivity index (χ0) is 56.8. The molecule has 0 bridgehead atoms. The SMILES string of the molecule is CC(C)C(C)N(C)C(=O)OC(C)(C)C.CCC(C)C(C(CC=O)OC)N(C)C(=O)CC(C)C.COC(CC(=O)N[C@H](C)C(OCNC(=O)CN)c1ccc(NC(=O)OC(C)(C)C)cc1)C1CCCN1C.NC=O. The van der Waals surface area contributed by atoms with Gasteiger partial charge in [0.05, 0.1) is 37.3 Å². The topological polar surface area (TPSA) is 263 Å². The fourth-order valence-corrected chi connectivity index (χ4v) is 7.66. The summed E-state index contributed by atoms with van der Waals surface area (Å²) in [5.74, 6) is 0.685. The number of benzene rings is 1. The molecule has 0 aliphatic carbocycles. The summed E-state index contributed by atoms with van der Waals surface area (Å²) in [5, 5.41) is 8.29. The molecule has 0 saturated carbocycles. The maximum Gasteiger partial charge on any atom is 0.412 e. The normalized spacial score (nSPS) is 16.4. The minimum absolute atomic E-state index is 0.0496. The van der Waals surface area contributed by atoms with Crippen molar-refractivity contribution in [2.45, 2.75) is 189 Å². The van der Waals surface area contributed by atoms with Gasteiger partial charge >= 0.3 is 12.2 Å². The van der Waals surface area contributed by atoms with Gasteiger partial charge in [0.2, 0.25) is 24.1 Å². The van der Waals surface area contributed by atoms with Gasteiger partial charge in [0, 0.05) is 58.9 Å². The zero-order valence-corrected chi connectivity index (χ0v) is 48.0. The largest absolute Gasteiger partial charge is 0.444 e. The van der Waals surface area contributed by atoms with Crippen LogP contribution in [0, 0.1) is 17.8 Å². The summed E-state index contributed by atoms with van der Waals surface area (Å²) < 4.78 is 27.6. The van der Waals surface area contributed by atoms with Crippen molar-refractivity contribution in [3.05, 3.63) is 29.8 Å². The Morgan fingerprint density at radius 2 is 1.41 bits per heavy atom. The number of methoxy groups -OCH3 is 2. The van der Waals surface area contributed by atoms with E-state index in [0.29, 0.717) is 36.3 Å². The molecule has 422 valence electrons. The summed E-state index contributed by atoms with van der Waals surface area (Å²) in [7, 11) is 8.87. The number of likely N-dealkylation sites (N-methyl/N-ethyl adjacent to an activating group) is 2. The molecule has 1 aromatic rings. The van der Waals surface area contributed by atoms with Crippen molar-refractivity contribution < 1.29 is 57.2 Å². The molecule has 0 spiro atoms. The van der Waals surface area contributed by atoms with Gasteiger partial charge in [0.1, 0.15) is 30.3 Å². The van der Waals surface area contributed by atoms with Gasteiger partial charge in [-0.3, -0.25) is 24.5 Å². The van der Waals surface area contributed by atoms with E-state index in [9.17, 15) is 28.8 Å². The predicted octanol–water partition coefficient (Wildman–Crippen LogP) is 6.64. The number of nitrogens with zero attached hydrogens (tertiary/aromatic N) is 3. The van der Waals surface area contributed by atoms with E-state index in [4.69, 9.17) is 34.2 Å². The minimum atomic E-state index is -0.612. The first kappa shape index (κ1) is 70.2. The number of anilines is 1. The molecule has 0 aromatic heterocycles.